The molecule has 0 amide bonds. The second kappa shape index (κ2) is 7.86. The van der Waals surface area contributed by atoms with E-state index in [1.807, 2.05) is 0 Å². The van der Waals surface area contributed by atoms with Gasteiger partial charge in [-0.25, -0.2) is 4.99 Å². The average Bonchev–Trinajstić information content (AvgIpc) is 2.12. The molecule has 0 aliphatic heterocycles. The van der Waals surface area contributed by atoms with Gasteiger partial charge in [-0.15, -0.1) is 0 Å². The van der Waals surface area contributed by atoms with E-state index in [1.54, 1.807) is 0 Å². The maximum atomic E-state index is 5.59. The van der Waals surface area contributed by atoms with Gasteiger partial charge in [0.05, 0.1) is 0 Å². The van der Waals surface area contributed by atoms with Crippen LogP contribution in [0.1, 0.15) is 33.6 Å². The molecule has 0 aromatic rings. The van der Waals surface area contributed by atoms with Crippen molar-refractivity contribution in [1.82, 2.24) is 5.32 Å². The molecule has 13 heavy (non-hydrogen) atoms. The van der Waals surface area contributed by atoms with Gasteiger partial charge in [0.1, 0.15) is 6.73 Å². The van der Waals surface area contributed by atoms with Crippen molar-refractivity contribution in [2.45, 2.75) is 39.7 Å². The zero-order chi connectivity index (χ0) is 10.1. The lowest BCUT2D eigenvalue weighted by atomic mass is 10.3. The lowest BCUT2D eigenvalue weighted by Crippen LogP contribution is -2.38. The van der Waals surface area contributed by atoms with Crippen LogP contribution >= 0.6 is 0 Å². The van der Waals surface area contributed by atoms with Crippen molar-refractivity contribution in [3.05, 3.63) is 0 Å². The lowest BCUT2D eigenvalue weighted by Gasteiger charge is -2.11. The van der Waals surface area contributed by atoms with E-state index >= 15 is 0 Å². The van der Waals surface area contributed by atoms with E-state index < -0.39 is 0 Å². The molecule has 0 fully saturated rings. The van der Waals surface area contributed by atoms with Crippen LogP contribution in [-0.4, -0.2) is 25.3 Å². The summed E-state index contributed by atoms with van der Waals surface area (Å²) in [5.41, 5.74) is 5.59. The molecule has 0 aromatic carbocycles. The van der Waals surface area contributed by atoms with Crippen LogP contribution in [0, 0.1) is 0 Å². The molecule has 3 N–H and O–H groups in total. The second-order valence-corrected chi connectivity index (χ2v) is 3.03. The summed E-state index contributed by atoms with van der Waals surface area (Å²) in [6.45, 7) is 7.31. The largest absolute Gasteiger partial charge is 0.370 e. The first-order valence-corrected chi connectivity index (χ1v) is 4.84. The van der Waals surface area contributed by atoms with Gasteiger partial charge in [-0.1, -0.05) is 13.8 Å². The summed E-state index contributed by atoms with van der Waals surface area (Å²) in [5, 5.41) is 3.05. The van der Waals surface area contributed by atoms with E-state index in [0.717, 1.165) is 19.4 Å². The molecular weight excluding hydrogens is 166 g/mol. The molecular formula is C9H21N3O. The standard InChI is InChI=1S/C9H21N3O/c1-4-6-13-7-11-9(10)12-8(3)5-2/h8H,4-7H2,1-3H3,(H3,10,11,12). The fourth-order valence-corrected chi connectivity index (χ4v) is 0.724. The molecule has 0 heterocycles. The molecule has 0 saturated heterocycles. The summed E-state index contributed by atoms with van der Waals surface area (Å²) >= 11 is 0. The number of nitrogens with one attached hydrogen (secondary N) is 1. The number of nitrogens with two attached hydrogens (primary N) is 1. The highest BCUT2D eigenvalue weighted by molar-refractivity contribution is 5.77. The predicted molar refractivity (Wildman–Crippen MR) is 55.6 cm³/mol. The van der Waals surface area contributed by atoms with Crippen LogP contribution in [-0.2, 0) is 4.74 Å². The summed E-state index contributed by atoms with van der Waals surface area (Å²) in [5.74, 6) is 0.463. The Hall–Kier alpha value is -0.770. The van der Waals surface area contributed by atoms with Gasteiger partial charge >= 0.3 is 0 Å². The molecule has 4 nitrogen and oxygen atoms in total. The number of aliphatic imine (C=N–C) groups is 1. The van der Waals surface area contributed by atoms with E-state index in [2.05, 4.69) is 31.1 Å². The summed E-state index contributed by atoms with van der Waals surface area (Å²) in [7, 11) is 0. The molecule has 0 spiro atoms. The molecule has 0 aliphatic rings. The Labute approximate surface area is 80.6 Å². The van der Waals surface area contributed by atoms with E-state index in [-0.39, 0.29) is 0 Å². The van der Waals surface area contributed by atoms with Crippen LogP contribution in [0.25, 0.3) is 0 Å². The highest BCUT2D eigenvalue weighted by atomic mass is 16.5. The van der Waals surface area contributed by atoms with Crippen LogP contribution in [0.15, 0.2) is 4.99 Å². The Balaban J connectivity index is 3.50. The van der Waals surface area contributed by atoms with Gasteiger partial charge in [0.2, 0.25) is 0 Å². The van der Waals surface area contributed by atoms with Crippen LogP contribution in [0.4, 0.5) is 0 Å². The normalized spacial score (nSPS) is 14.2. The predicted octanol–water partition coefficient (Wildman–Crippen LogP) is 1.07. The Kier molecular flexibility index (Phi) is 7.39. The minimum atomic E-state index is 0.350. The van der Waals surface area contributed by atoms with Gasteiger partial charge < -0.3 is 15.8 Å². The Morgan fingerprint density at radius 1 is 1.54 bits per heavy atom. The average molecular weight is 187 g/mol. The fourth-order valence-electron chi connectivity index (χ4n) is 0.724. The van der Waals surface area contributed by atoms with Crippen molar-refractivity contribution in [2.24, 2.45) is 10.7 Å². The number of nitrogens with zero attached hydrogens (tertiary/aromatic N) is 1. The molecule has 0 radical (unpaired) electrons. The minimum Gasteiger partial charge on any atom is -0.370 e. The third kappa shape index (κ3) is 7.59. The van der Waals surface area contributed by atoms with Gasteiger partial charge in [0.25, 0.3) is 0 Å². The van der Waals surface area contributed by atoms with Crippen LogP contribution < -0.4 is 11.1 Å². The molecule has 0 aliphatic carbocycles. The highest BCUT2D eigenvalue weighted by Gasteiger charge is 1.97. The molecule has 0 aromatic heterocycles. The van der Waals surface area contributed by atoms with Crippen molar-refractivity contribution < 1.29 is 4.74 Å². The minimum absolute atomic E-state index is 0.350. The molecule has 78 valence electrons. The maximum absolute atomic E-state index is 5.59. The van der Waals surface area contributed by atoms with Crippen molar-refractivity contribution in [2.75, 3.05) is 13.3 Å². The van der Waals surface area contributed by atoms with E-state index in [9.17, 15) is 0 Å². The molecule has 4 heteroatoms. The number of hydrogen-bond donors (Lipinski definition) is 2. The summed E-state index contributed by atoms with van der Waals surface area (Å²) < 4.78 is 5.16. The van der Waals surface area contributed by atoms with Crippen LogP contribution in [0.3, 0.4) is 0 Å². The van der Waals surface area contributed by atoms with Gasteiger partial charge in [-0.3, -0.25) is 0 Å². The third-order valence-corrected chi connectivity index (χ3v) is 1.68. The highest BCUT2D eigenvalue weighted by Crippen LogP contribution is 1.86. The zero-order valence-electron chi connectivity index (χ0n) is 8.84. The molecule has 0 rings (SSSR count). The summed E-state index contributed by atoms with van der Waals surface area (Å²) in [6, 6.07) is 0.370. The summed E-state index contributed by atoms with van der Waals surface area (Å²) in [6.07, 6.45) is 2.04. The number of hydrogen-bond acceptors (Lipinski definition) is 2. The Morgan fingerprint density at radius 2 is 2.23 bits per heavy atom. The quantitative estimate of drug-likeness (QED) is 0.371. The maximum Gasteiger partial charge on any atom is 0.191 e. The zero-order valence-corrected chi connectivity index (χ0v) is 8.84. The fraction of sp³-hybridized carbons (Fsp3) is 0.889. The lowest BCUT2D eigenvalue weighted by molar-refractivity contribution is 0.142. The topological polar surface area (TPSA) is 59.6 Å². The summed E-state index contributed by atoms with van der Waals surface area (Å²) in [4.78, 5) is 4.01. The van der Waals surface area contributed by atoms with Gasteiger partial charge in [-0.05, 0) is 19.8 Å². The molecule has 1 atom stereocenters. The number of rotatable bonds is 6. The van der Waals surface area contributed by atoms with Crippen molar-refractivity contribution in [3.8, 4) is 0 Å². The Morgan fingerprint density at radius 3 is 2.77 bits per heavy atom. The van der Waals surface area contributed by atoms with Gasteiger partial charge in [0.15, 0.2) is 5.96 Å². The number of guanidine groups is 1. The monoisotopic (exact) mass is 187 g/mol. The van der Waals surface area contributed by atoms with Crippen molar-refractivity contribution >= 4 is 5.96 Å². The van der Waals surface area contributed by atoms with Crippen molar-refractivity contribution in [1.29, 1.82) is 0 Å². The van der Waals surface area contributed by atoms with Crippen LogP contribution in [0.5, 0.6) is 0 Å². The van der Waals surface area contributed by atoms with Gasteiger partial charge in [-0.2, -0.15) is 0 Å². The van der Waals surface area contributed by atoms with Crippen LogP contribution in [0.2, 0.25) is 0 Å². The number of ether oxygens (including phenoxy) is 1. The van der Waals surface area contributed by atoms with Crippen molar-refractivity contribution in [3.63, 3.8) is 0 Å². The van der Waals surface area contributed by atoms with E-state index in [0.29, 0.717) is 18.7 Å². The molecule has 0 saturated carbocycles. The Bertz CT molecular complexity index is 148. The third-order valence-electron chi connectivity index (χ3n) is 1.68. The molecule has 0 bridgehead atoms. The first kappa shape index (κ1) is 12.2. The molecule has 1 unspecified atom stereocenters. The van der Waals surface area contributed by atoms with Gasteiger partial charge in [0, 0.05) is 12.6 Å². The SMILES string of the molecule is CCCOCN=C(N)NC(C)CC. The smallest absolute Gasteiger partial charge is 0.191 e. The second-order valence-electron chi connectivity index (χ2n) is 3.03. The van der Waals surface area contributed by atoms with E-state index in [4.69, 9.17) is 10.5 Å². The first-order chi connectivity index (χ1) is 6.20. The van der Waals surface area contributed by atoms with E-state index in [1.165, 1.54) is 0 Å². The first-order valence-electron chi connectivity index (χ1n) is 4.84.